The Morgan fingerprint density at radius 3 is 2.87 bits per heavy atom. The highest BCUT2D eigenvalue weighted by atomic mass is 16.5. The smallest absolute Gasteiger partial charge is 0.308 e. The van der Waals surface area contributed by atoms with Gasteiger partial charge in [-0.2, -0.15) is 0 Å². The number of hydrogen-bond donors (Lipinski definition) is 1. The number of carbonyl (C=O) groups is 2. The molecule has 2 aromatic heterocycles. The van der Waals surface area contributed by atoms with Crippen LogP contribution in [0.4, 0.5) is 5.69 Å². The van der Waals surface area contributed by atoms with Crippen LogP contribution in [0.15, 0.2) is 59.6 Å². The molecule has 0 bridgehead atoms. The van der Waals surface area contributed by atoms with Crippen LogP contribution in [0.3, 0.4) is 0 Å². The number of carboxylic acids is 1. The van der Waals surface area contributed by atoms with Gasteiger partial charge in [0.05, 0.1) is 37.2 Å². The molecular weight excluding hydrogens is 484 g/mol. The Morgan fingerprint density at radius 2 is 2.13 bits per heavy atom. The molecule has 2 aliphatic heterocycles. The summed E-state index contributed by atoms with van der Waals surface area (Å²) in [6.07, 6.45) is 10.2. The summed E-state index contributed by atoms with van der Waals surface area (Å²) in [5, 5.41) is 10.4. The molecule has 38 heavy (non-hydrogen) atoms. The molecule has 200 valence electrons. The van der Waals surface area contributed by atoms with E-state index in [0.29, 0.717) is 38.4 Å². The van der Waals surface area contributed by atoms with Crippen LogP contribution >= 0.6 is 0 Å². The van der Waals surface area contributed by atoms with Gasteiger partial charge in [0.15, 0.2) is 5.89 Å². The summed E-state index contributed by atoms with van der Waals surface area (Å²) in [5.41, 5.74) is 2.85. The molecule has 0 radical (unpaired) electrons. The van der Waals surface area contributed by atoms with E-state index in [9.17, 15) is 14.7 Å². The second-order valence-corrected chi connectivity index (χ2v) is 10.0. The van der Waals surface area contributed by atoms with Gasteiger partial charge in [-0.15, -0.1) is 0 Å². The molecule has 9 heteroatoms. The number of aryl methyl sites for hydroxylation is 1. The third kappa shape index (κ3) is 5.57. The van der Waals surface area contributed by atoms with E-state index in [-0.39, 0.29) is 24.4 Å². The Hall–Kier alpha value is -3.72. The topological polar surface area (TPSA) is 109 Å². The van der Waals surface area contributed by atoms with E-state index in [1.54, 1.807) is 23.5 Å². The number of likely N-dealkylation sites (tertiary alicyclic amines) is 1. The maximum Gasteiger partial charge on any atom is 0.308 e. The number of unbranched alkanes of at least 4 members (excludes halogenated alkanes) is 1. The van der Waals surface area contributed by atoms with Gasteiger partial charge >= 0.3 is 5.97 Å². The van der Waals surface area contributed by atoms with Crippen molar-refractivity contribution in [1.29, 1.82) is 0 Å². The Kier molecular flexibility index (Phi) is 8.03. The van der Waals surface area contributed by atoms with E-state index < -0.39 is 11.9 Å². The van der Waals surface area contributed by atoms with Gasteiger partial charge in [-0.3, -0.25) is 19.5 Å². The Morgan fingerprint density at radius 1 is 1.24 bits per heavy atom. The maximum absolute atomic E-state index is 13.7. The molecule has 3 unspecified atom stereocenters. The van der Waals surface area contributed by atoms with Crippen molar-refractivity contribution in [3.63, 3.8) is 0 Å². The number of fused-ring (bicyclic) bond motifs is 1. The number of oxazole rings is 1. The number of carbonyl (C=O) groups excluding carboxylic acids is 1. The average molecular weight is 519 g/mol. The van der Waals surface area contributed by atoms with E-state index in [4.69, 9.17) is 9.15 Å². The van der Waals surface area contributed by atoms with Crippen molar-refractivity contribution in [1.82, 2.24) is 14.9 Å². The summed E-state index contributed by atoms with van der Waals surface area (Å²) < 4.78 is 11.1. The largest absolute Gasteiger partial charge is 0.493 e. The number of amides is 1. The zero-order chi connectivity index (χ0) is 26.5. The van der Waals surface area contributed by atoms with E-state index in [1.807, 2.05) is 29.2 Å². The third-order valence-electron chi connectivity index (χ3n) is 7.64. The van der Waals surface area contributed by atoms with Crippen LogP contribution < -0.4 is 9.64 Å². The first-order chi connectivity index (χ1) is 18.5. The molecule has 1 amide bonds. The van der Waals surface area contributed by atoms with Crippen LogP contribution in [0.25, 0.3) is 0 Å². The van der Waals surface area contributed by atoms with Crippen molar-refractivity contribution in [2.45, 2.75) is 51.0 Å². The number of hydrogen-bond acceptors (Lipinski definition) is 7. The molecule has 1 N–H and O–H groups in total. The third-order valence-corrected chi connectivity index (χ3v) is 7.64. The zero-order valence-corrected chi connectivity index (χ0v) is 21.7. The lowest BCUT2D eigenvalue weighted by atomic mass is 9.83. The molecule has 2 aliphatic rings. The van der Waals surface area contributed by atoms with Gasteiger partial charge in [-0.1, -0.05) is 25.5 Å². The number of pyridine rings is 1. The van der Waals surface area contributed by atoms with Crippen molar-refractivity contribution in [3.05, 3.63) is 72.2 Å². The maximum atomic E-state index is 13.7. The molecule has 0 spiro atoms. The molecule has 1 aromatic carbocycles. The number of nitrogens with zero attached hydrogens (tertiary/aromatic N) is 4. The molecule has 4 heterocycles. The Balaban J connectivity index is 1.43. The molecule has 0 aliphatic carbocycles. The first-order valence-corrected chi connectivity index (χ1v) is 13.4. The van der Waals surface area contributed by atoms with Gasteiger partial charge in [-0.25, -0.2) is 4.98 Å². The van der Waals surface area contributed by atoms with E-state index in [0.717, 1.165) is 41.8 Å². The van der Waals surface area contributed by atoms with Gasteiger partial charge in [-0.05, 0) is 42.2 Å². The summed E-state index contributed by atoms with van der Waals surface area (Å²) >= 11 is 0. The van der Waals surface area contributed by atoms with Crippen molar-refractivity contribution >= 4 is 17.6 Å². The first kappa shape index (κ1) is 25.9. The van der Waals surface area contributed by atoms with E-state index >= 15 is 0 Å². The molecule has 3 atom stereocenters. The number of aromatic nitrogens is 2. The quantitative estimate of drug-likeness (QED) is 0.407. The minimum Gasteiger partial charge on any atom is -0.493 e. The SMILES string of the molecule is CCCCN(C(=O)CN1CC(c2ccc3c(c2)CCO3)C(C(=O)O)C1CCc1ncco1)c1cccnc1. The van der Waals surface area contributed by atoms with Crippen LogP contribution in [0, 0.1) is 5.92 Å². The molecule has 5 rings (SSSR count). The van der Waals surface area contributed by atoms with Gasteiger partial charge in [0.1, 0.15) is 12.0 Å². The minimum atomic E-state index is -0.853. The van der Waals surface area contributed by atoms with Crippen LogP contribution in [-0.2, 0) is 22.4 Å². The lowest BCUT2D eigenvalue weighted by molar-refractivity contribution is -0.143. The molecule has 0 saturated carbocycles. The van der Waals surface area contributed by atoms with Crippen molar-refractivity contribution in [2.24, 2.45) is 5.92 Å². The zero-order valence-electron chi connectivity index (χ0n) is 21.7. The highest BCUT2D eigenvalue weighted by Gasteiger charge is 2.47. The summed E-state index contributed by atoms with van der Waals surface area (Å²) in [6.45, 7) is 3.94. The van der Waals surface area contributed by atoms with E-state index in [1.165, 1.54) is 6.26 Å². The number of ether oxygens (including phenoxy) is 1. The Bertz CT molecular complexity index is 1230. The van der Waals surface area contributed by atoms with Gasteiger partial charge < -0.3 is 19.2 Å². The lowest BCUT2D eigenvalue weighted by Crippen LogP contribution is -2.44. The first-order valence-electron chi connectivity index (χ1n) is 13.4. The summed E-state index contributed by atoms with van der Waals surface area (Å²) in [4.78, 5) is 38.7. The standard InChI is InChI=1S/C29H34N4O5/c1-2-3-13-33(22-5-4-11-30-17-22)27(34)19-32-18-23(20-6-8-25-21(16-20)10-14-37-25)28(29(35)36)24(32)7-9-26-31-12-15-38-26/h4-6,8,11-12,15-17,23-24,28H,2-3,7,9-10,13-14,18-19H2,1H3,(H,35,36). The molecule has 3 aromatic rings. The number of benzene rings is 1. The van der Waals surface area contributed by atoms with Gasteiger partial charge in [0.2, 0.25) is 5.91 Å². The molecule has 1 saturated heterocycles. The van der Waals surface area contributed by atoms with Crippen LogP contribution in [0.1, 0.15) is 49.1 Å². The van der Waals surface area contributed by atoms with Crippen molar-refractivity contribution in [3.8, 4) is 5.75 Å². The number of rotatable bonds is 11. The van der Waals surface area contributed by atoms with Crippen LogP contribution in [0.2, 0.25) is 0 Å². The van der Waals surface area contributed by atoms with E-state index in [2.05, 4.69) is 23.0 Å². The second-order valence-electron chi connectivity index (χ2n) is 10.0. The summed E-state index contributed by atoms with van der Waals surface area (Å²) in [6, 6.07) is 9.37. The van der Waals surface area contributed by atoms with Crippen LogP contribution in [-0.4, -0.2) is 64.1 Å². The van der Waals surface area contributed by atoms with Crippen molar-refractivity contribution in [2.75, 3.05) is 31.1 Å². The minimum absolute atomic E-state index is 0.0558. The average Bonchev–Trinajstić information content (AvgIpc) is 3.68. The van der Waals surface area contributed by atoms with Crippen LogP contribution in [0.5, 0.6) is 5.75 Å². The fourth-order valence-electron chi connectivity index (χ4n) is 5.76. The number of carboxylic acid groups (broad SMARTS) is 1. The van der Waals surface area contributed by atoms with Crippen molar-refractivity contribution < 1.29 is 23.8 Å². The predicted molar refractivity (Wildman–Crippen MR) is 141 cm³/mol. The number of aliphatic carboxylic acids is 1. The monoisotopic (exact) mass is 518 g/mol. The fourth-order valence-corrected chi connectivity index (χ4v) is 5.76. The molecule has 9 nitrogen and oxygen atoms in total. The second kappa shape index (κ2) is 11.8. The predicted octanol–water partition coefficient (Wildman–Crippen LogP) is 3.94. The fraction of sp³-hybridized carbons (Fsp3) is 0.448. The highest BCUT2D eigenvalue weighted by Crippen LogP contribution is 2.41. The lowest BCUT2D eigenvalue weighted by Gasteiger charge is -2.29. The van der Waals surface area contributed by atoms with Gasteiger partial charge in [0.25, 0.3) is 0 Å². The highest BCUT2D eigenvalue weighted by molar-refractivity contribution is 5.94. The molecular formula is C29H34N4O5. The summed E-state index contributed by atoms with van der Waals surface area (Å²) in [7, 11) is 0. The normalized spacial score (nSPS) is 20.7. The Labute approximate surface area is 222 Å². The summed E-state index contributed by atoms with van der Waals surface area (Å²) in [5.74, 6) is -0.384. The van der Waals surface area contributed by atoms with Gasteiger partial charge in [0, 0.05) is 44.1 Å². The number of anilines is 1. The molecule has 1 fully saturated rings.